The average molecular weight is 394 g/mol. The molecule has 0 radical (unpaired) electrons. The number of alkyl halides is 3. The standard InChI is InChI=1S/C19H21F3N4O2/c1-2-28-15-5-3-14(4-6-15)11-18(27)26-9-7-25(8-10-26)17-12-16(19(20,21)22)23-13-24-17/h3-6,12-13H,2,7-11H2,1H3. The average Bonchev–Trinajstić information content (AvgIpc) is 2.69. The summed E-state index contributed by atoms with van der Waals surface area (Å²) < 4.78 is 43.8. The number of rotatable bonds is 5. The highest BCUT2D eigenvalue weighted by molar-refractivity contribution is 5.79. The molecule has 2 aromatic rings. The van der Waals surface area contributed by atoms with Gasteiger partial charge in [0.2, 0.25) is 5.91 Å². The number of halogens is 3. The van der Waals surface area contributed by atoms with E-state index in [0.29, 0.717) is 32.8 Å². The Labute approximate surface area is 160 Å². The number of carbonyl (C=O) groups is 1. The Hall–Kier alpha value is -2.84. The molecule has 0 unspecified atom stereocenters. The van der Waals surface area contributed by atoms with Gasteiger partial charge in [0.25, 0.3) is 0 Å². The van der Waals surface area contributed by atoms with Crippen LogP contribution in [0.25, 0.3) is 0 Å². The Morgan fingerprint density at radius 3 is 2.39 bits per heavy atom. The monoisotopic (exact) mass is 394 g/mol. The zero-order valence-corrected chi connectivity index (χ0v) is 15.4. The summed E-state index contributed by atoms with van der Waals surface area (Å²) in [6, 6.07) is 8.32. The van der Waals surface area contributed by atoms with Gasteiger partial charge in [0.05, 0.1) is 13.0 Å². The second-order valence-electron chi connectivity index (χ2n) is 6.38. The van der Waals surface area contributed by atoms with Crippen molar-refractivity contribution in [2.75, 3.05) is 37.7 Å². The summed E-state index contributed by atoms with van der Waals surface area (Å²) >= 11 is 0. The van der Waals surface area contributed by atoms with Gasteiger partial charge in [-0.3, -0.25) is 4.79 Å². The molecule has 0 saturated carbocycles. The third-order valence-electron chi connectivity index (χ3n) is 4.49. The number of amides is 1. The van der Waals surface area contributed by atoms with Crippen LogP contribution in [-0.4, -0.2) is 53.6 Å². The topological polar surface area (TPSA) is 58.6 Å². The highest BCUT2D eigenvalue weighted by Crippen LogP contribution is 2.29. The molecule has 1 amide bonds. The van der Waals surface area contributed by atoms with Gasteiger partial charge in [-0.15, -0.1) is 0 Å². The number of benzene rings is 1. The van der Waals surface area contributed by atoms with Gasteiger partial charge in [0, 0.05) is 32.2 Å². The van der Waals surface area contributed by atoms with Crippen LogP contribution in [0.4, 0.5) is 19.0 Å². The minimum absolute atomic E-state index is 0.0116. The summed E-state index contributed by atoms with van der Waals surface area (Å²) in [6.07, 6.45) is -3.31. The molecule has 0 atom stereocenters. The van der Waals surface area contributed by atoms with Gasteiger partial charge in [0.1, 0.15) is 23.6 Å². The summed E-state index contributed by atoms with van der Waals surface area (Å²) in [6.45, 7) is 4.19. The maximum absolute atomic E-state index is 12.8. The predicted molar refractivity (Wildman–Crippen MR) is 97.1 cm³/mol. The normalized spacial score (nSPS) is 14.9. The van der Waals surface area contributed by atoms with Gasteiger partial charge in [-0.25, -0.2) is 9.97 Å². The Morgan fingerprint density at radius 1 is 1.11 bits per heavy atom. The molecular weight excluding hydrogens is 373 g/mol. The minimum atomic E-state index is -4.51. The number of piperazine rings is 1. The molecule has 0 bridgehead atoms. The van der Waals surface area contributed by atoms with Crippen molar-refractivity contribution >= 4 is 11.7 Å². The van der Waals surface area contributed by atoms with E-state index in [1.165, 1.54) is 0 Å². The third-order valence-corrected chi connectivity index (χ3v) is 4.49. The lowest BCUT2D eigenvalue weighted by Crippen LogP contribution is -2.49. The van der Waals surface area contributed by atoms with E-state index in [1.807, 2.05) is 31.2 Å². The number of nitrogens with zero attached hydrogens (tertiary/aromatic N) is 4. The second-order valence-corrected chi connectivity index (χ2v) is 6.38. The van der Waals surface area contributed by atoms with Crippen LogP contribution in [0, 0.1) is 0 Å². The van der Waals surface area contributed by atoms with Crippen LogP contribution in [0.5, 0.6) is 5.75 Å². The van der Waals surface area contributed by atoms with Crippen LogP contribution in [-0.2, 0) is 17.4 Å². The van der Waals surface area contributed by atoms with Gasteiger partial charge in [0.15, 0.2) is 0 Å². The lowest BCUT2D eigenvalue weighted by molar-refractivity contribution is -0.141. The van der Waals surface area contributed by atoms with Gasteiger partial charge >= 0.3 is 6.18 Å². The summed E-state index contributed by atoms with van der Waals surface area (Å²) in [5.41, 5.74) is -0.0759. The Morgan fingerprint density at radius 2 is 1.79 bits per heavy atom. The van der Waals surface area contributed by atoms with E-state index in [9.17, 15) is 18.0 Å². The van der Waals surface area contributed by atoms with E-state index < -0.39 is 11.9 Å². The van der Waals surface area contributed by atoms with Crippen molar-refractivity contribution < 1.29 is 22.7 Å². The van der Waals surface area contributed by atoms with E-state index in [0.717, 1.165) is 23.7 Å². The van der Waals surface area contributed by atoms with E-state index in [-0.39, 0.29) is 18.1 Å². The van der Waals surface area contributed by atoms with E-state index in [4.69, 9.17) is 4.74 Å². The van der Waals surface area contributed by atoms with Crippen LogP contribution >= 0.6 is 0 Å². The maximum Gasteiger partial charge on any atom is 0.433 e. The van der Waals surface area contributed by atoms with E-state index in [1.54, 1.807) is 9.80 Å². The first-order chi connectivity index (χ1) is 13.4. The zero-order chi connectivity index (χ0) is 20.1. The molecule has 9 heteroatoms. The molecule has 3 rings (SSSR count). The third kappa shape index (κ3) is 4.90. The predicted octanol–water partition coefficient (Wildman–Crippen LogP) is 2.79. The lowest BCUT2D eigenvalue weighted by Gasteiger charge is -2.35. The fraction of sp³-hybridized carbons (Fsp3) is 0.421. The number of carbonyl (C=O) groups excluding carboxylic acids is 1. The molecule has 1 saturated heterocycles. The van der Waals surface area contributed by atoms with Crippen molar-refractivity contribution in [1.82, 2.24) is 14.9 Å². The molecule has 1 fully saturated rings. The first-order valence-electron chi connectivity index (χ1n) is 9.00. The van der Waals surface area contributed by atoms with Gasteiger partial charge < -0.3 is 14.5 Å². The lowest BCUT2D eigenvalue weighted by atomic mass is 10.1. The van der Waals surface area contributed by atoms with Crippen molar-refractivity contribution in [2.45, 2.75) is 19.5 Å². The number of anilines is 1. The minimum Gasteiger partial charge on any atom is -0.494 e. The number of aromatic nitrogens is 2. The quantitative estimate of drug-likeness (QED) is 0.781. The Bertz CT molecular complexity index is 804. The van der Waals surface area contributed by atoms with Crippen LogP contribution in [0.2, 0.25) is 0 Å². The first-order valence-corrected chi connectivity index (χ1v) is 9.00. The fourth-order valence-corrected chi connectivity index (χ4v) is 3.02. The molecule has 0 spiro atoms. The summed E-state index contributed by atoms with van der Waals surface area (Å²) in [5.74, 6) is 0.971. The van der Waals surface area contributed by atoms with Crippen LogP contribution in [0.3, 0.4) is 0 Å². The summed E-state index contributed by atoms with van der Waals surface area (Å²) in [5, 5.41) is 0. The highest BCUT2D eigenvalue weighted by atomic mass is 19.4. The zero-order valence-electron chi connectivity index (χ0n) is 15.4. The van der Waals surface area contributed by atoms with E-state index in [2.05, 4.69) is 9.97 Å². The van der Waals surface area contributed by atoms with Crippen LogP contribution in [0.15, 0.2) is 36.7 Å². The number of hydrogen-bond acceptors (Lipinski definition) is 5. The van der Waals surface area contributed by atoms with Crippen molar-refractivity contribution in [2.24, 2.45) is 0 Å². The maximum atomic E-state index is 12.8. The highest BCUT2D eigenvalue weighted by Gasteiger charge is 2.33. The number of hydrogen-bond donors (Lipinski definition) is 0. The Balaban J connectivity index is 1.55. The molecule has 6 nitrogen and oxygen atoms in total. The molecule has 150 valence electrons. The first kappa shape index (κ1) is 19.9. The SMILES string of the molecule is CCOc1ccc(CC(=O)N2CCN(c3cc(C(F)(F)F)ncn3)CC2)cc1. The van der Waals surface area contributed by atoms with Crippen molar-refractivity contribution in [3.8, 4) is 5.75 Å². The second kappa shape index (κ2) is 8.45. The van der Waals surface area contributed by atoms with Crippen molar-refractivity contribution in [1.29, 1.82) is 0 Å². The Kier molecular flexibility index (Phi) is 6.01. The molecule has 1 aliphatic rings. The molecular formula is C19H21F3N4O2. The largest absolute Gasteiger partial charge is 0.494 e. The van der Waals surface area contributed by atoms with Crippen molar-refractivity contribution in [3.05, 3.63) is 47.9 Å². The molecule has 0 aliphatic carbocycles. The molecule has 1 aliphatic heterocycles. The van der Waals surface area contributed by atoms with Crippen molar-refractivity contribution in [3.63, 3.8) is 0 Å². The molecule has 2 heterocycles. The summed E-state index contributed by atoms with van der Waals surface area (Å²) in [7, 11) is 0. The summed E-state index contributed by atoms with van der Waals surface area (Å²) in [4.78, 5) is 23.2. The molecule has 0 N–H and O–H groups in total. The molecule has 1 aromatic heterocycles. The fourth-order valence-electron chi connectivity index (χ4n) is 3.02. The number of ether oxygens (including phenoxy) is 1. The molecule has 1 aromatic carbocycles. The van der Waals surface area contributed by atoms with E-state index >= 15 is 0 Å². The van der Waals surface area contributed by atoms with Crippen LogP contribution in [0.1, 0.15) is 18.2 Å². The van der Waals surface area contributed by atoms with Gasteiger partial charge in [-0.2, -0.15) is 13.2 Å². The van der Waals surface area contributed by atoms with Crippen LogP contribution < -0.4 is 9.64 Å². The van der Waals surface area contributed by atoms with Gasteiger partial charge in [-0.05, 0) is 24.6 Å². The van der Waals surface area contributed by atoms with Gasteiger partial charge in [-0.1, -0.05) is 12.1 Å². The smallest absolute Gasteiger partial charge is 0.433 e. The molecule has 28 heavy (non-hydrogen) atoms.